The van der Waals surface area contributed by atoms with Crippen molar-refractivity contribution in [2.45, 2.75) is 19.3 Å². The largest absolute Gasteiger partial charge is 0.478 e. The van der Waals surface area contributed by atoms with Gasteiger partial charge in [0.2, 0.25) is 0 Å². The van der Waals surface area contributed by atoms with Crippen molar-refractivity contribution in [3.05, 3.63) is 35.7 Å². The van der Waals surface area contributed by atoms with Gasteiger partial charge in [0.15, 0.2) is 0 Å². The maximum absolute atomic E-state index is 12.2. The summed E-state index contributed by atoms with van der Waals surface area (Å²) in [5.41, 5.74) is 3.76. The topological polar surface area (TPSA) is 82.5 Å². The van der Waals surface area contributed by atoms with E-state index in [0.29, 0.717) is 11.1 Å². The van der Waals surface area contributed by atoms with Crippen molar-refractivity contribution >= 4 is 18.0 Å². The number of carbonyl (C=O) groups excluding carboxylic acids is 1. The van der Waals surface area contributed by atoms with Crippen LogP contribution in [0.2, 0.25) is 0 Å². The van der Waals surface area contributed by atoms with Crippen LogP contribution < -0.4 is 5.43 Å². The van der Waals surface area contributed by atoms with E-state index >= 15 is 0 Å². The number of hydrogen-bond acceptors (Lipinski definition) is 4. The highest BCUT2D eigenvalue weighted by molar-refractivity contribution is 5.98. The van der Waals surface area contributed by atoms with Crippen molar-refractivity contribution in [3.63, 3.8) is 0 Å². The number of hydrogen-bond donors (Lipinski definition) is 2. The molecule has 1 aromatic rings. The lowest BCUT2D eigenvalue weighted by molar-refractivity contribution is -0.131. The minimum atomic E-state index is -1.06. The lowest BCUT2D eigenvalue weighted by Gasteiger charge is -2.27. The summed E-state index contributed by atoms with van der Waals surface area (Å²) < 4.78 is 0. The minimum Gasteiger partial charge on any atom is -0.478 e. The molecular formula is C14H17N3O3. The number of pyridine rings is 1. The van der Waals surface area contributed by atoms with E-state index in [4.69, 9.17) is 5.11 Å². The van der Waals surface area contributed by atoms with E-state index in [9.17, 15) is 9.59 Å². The molecule has 2 heterocycles. The molecule has 1 saturated heterocycles. The van der Waals surface area contributed by atoms with Gasteiger partial charge in [-0.15, -0.1) is 0 Å². The molecular weight excluding hydrogens is 258 g/mol. The van der Waals surface area contributed by atoms with E-state index in [1.807, 2.05) is 5.01 Å². The number of carbonyl (C=O) groups is 2. The summed E-state index contributed by atoms with van der Waals surface area (Å²) in [6.07, 6.45) is 8.70. The van der Waals surface area contributed by atoms with E-state index in [2.05, 4.69) is 10.4 Å². The quantitative estimate of drug-likeness (QED) is 0.810. The van der Waals surface area contributed by atoms with Gasteiger partial charge in [0.05, 0.1) is 5.56 Å². The van der Waals surface area contributed by atoms with Crippen LogP contribution in [0.15, 0.2) is 24.5 Å². The Morgan fingerprint density at radius 3 is 2.75 bits per heavy atom. The van der Waals surface area contributed by atoms with Gasteiger partial charge >= 0.3 is 5.97 Å². The minimum absolute atomic E-state index is 0.237. The second kappa shape index (κ2) is 6.81. The van der Waals surface area contributed by atoms with E-state index in [-0.39, 0.29) is 5.91 Å². The number of amides is 1. The third kappa shape index (κ3) is 3.89. The van der Waals surface area contributed by atoms with E-state index < -0.39 is 5.97 Å². The van der Waals surface area contributed by atoms with Crippen LogP contribution in [-0.4, -0.2) is 40.1 Å². The summed E-state index contributed by atoms with van der Waals surface area (Å²) in [6.45, 7) is 1.69. The van der Waals surface area contributed by atoms with Crippen LogP contribution in [0.4, 0.5) is 0 Å². The molecule has 2 rings (SSSR count). The Labute approximate surface area is 117 Å². The van der Waals surface area contributed by atoms with E-state index in [1.165, 1.54) is 24.9 Å². The van der Waals surface area contributed by atoms with Gasteiger partial charge in [0.1, 0.15) is 0 Å². The smallest absolute Gasteiger partial charge is 0.328 e. The Bertz CT molecular complexity index is 522. The fourth-order valence-electron chi connectivity index (χ4n) is 2.12. The highest BCUT2D eigenvalue weighted by Gasteiger charge is 2.15. The van der Waals surface area contributed by atoms with Crippen LogP contribution in [-0.2, 0) is 4.79 Å². The Balaban J connectivity index is 2.10. The molecule has 1 aromatic heterocycles. The van der Waals surface area contributed by atoms with Gasteiger partial charge in [0.25, 0.3) is 5.91 Å². The van der Waals surface area contributed by atoms with Gasteiger partial charge in [-0.2, -0.15) is 0 Å². The summed E-state index contributed by atoms with van der Waals surface area (Å²) in [5.74, 6) is -1.30. The molecule has 0 radical (unpaired) electrons. The van der Waals surface area contributed by atoms with Crippen molar-refractivity contribution < 1.29 is 14.7 Å². The molecule has 6 nitrogen and oxygen atoms in total. The van der Waals surface area contributed by atoms with Crippen molar-refractivity contribution in [2.24, 2.45) is 0 Å². The molecule has 20 heavy (non-hydrogen) atoms. The summed E-state index contributed by atoms with van der Waals surface area (Å²) in [5, 5.41) is 10.5. The van der Waals surface area contributed by atoms with Crippen molar-refractivity contribution in [2.75, 3.05) is 13.1 Å². The molecule has 1 aliphatic heterocycles. The average molecular weight is 275 g/mol. The predicted molar refractivity (Wildman–Crippen MR) is 73.8 cm³/mol. The number of aliphatic carboxylic acids is 1. The third-order valence-corrected chi connectivity index (χ3v) is 3.12. The number of rotatable bonds is 4. The maximum Gasteiger partial charge on any atom is 0.328 e. The zero-order valence-electron chi connectivity index (χ0n) is 11.1. The Hall–Kier alpha value is -2.21. The molecule has 106 valence electrons. The molecule has 1 aliphatic rings. The molecule has 0 saturated carbocycles. The number of aromatic nitrogens is 1. The molecule has 0 bridgehead atoms. The SMILES string of the molecule is O=C(O)/C=C/c1cnccc1C(=O)NN1CCCCC1. The van der Waals surface area contributed by atoms with Crippen LogP contribution in [0.25, 0.3) is 6.08 Å². The normalized spacial score (nSPS) is 16.2. The first-order chi connectivity index (χ1) is 9.66. The number of nitrogens with zero attached hydrogens (tertiary/aromatic N) is 2. The summed E-state index contributed by atoms with van der Waals surface area (Å²) >= 11 is 0. The van der Waals surface area contributed by atoms with Gasteiger partial charge in [-0.1, -0.05) is 6.42 Å². The van der Waals surface area contributed by atoms with Crippen LogP contribution in [0.5, 0.6) is 0 Å². The zero-order chi connectivity index (χ0) is 14.4. The van der Waals surface area contributed by atoms with Gasteiger partial charge in [-0.3, -0.25) is 15.2 Å². The molecule has 0 unspecified atom stereocenters. The predicted octanol–water partition coefficient (Wildman–Crippen LogP) is 1.31. The van der Waals surface area contributed by atoms with Gasteiger partial charge in [-0.25, -0.2) is 9.80 Å². The van der Waals surface area contributed by atoms with Gasteiger partial charge in [-0.05, 0) is 25.0 Å². The van der Waals surface area contributed by atoms with Gasteiger partial charge < -0.3 is 5.11 Å². The molecule has 0 spiro atoms. The lowest BCUT2D eigenvalue weighted by Crippen LogP contribution is -2.45. The van der Waals surface area contributed by atoms with Crippen LogP contribution >= 0.6 is 0 Å². The molecule has 0 aromatic carbocycles. The average Bonchev–Trinajstić information content (AvgIpc) is 2.46. The Kier molecular flexibility index (Phi) is 4.84. The molecule has 2 N–H and O–H groups in total. The first-order valence-corrected chi connectivity index (χ1v) is 6.58. The number of piperidine rings is 1. The van der Waals surface area contributed by atoms with Crippen LogP contribution in [0, 0.1) is 0 Å². The first-order valence-electron chi connectivity index (χ1n) is 6.58. The standard InChI is InChI=1S/C14H17N3O3/c18-13(19)5-4-11-10-15-7-6-12(11)14(20)16-17-8-2-1-3-9-17/h4-7,10H,1-3,8-9H2,(H,16,20)(H,18,19)/b5-4+. The molecule has 0 aliphatic carbocycles. The van der Waals surface area contributed by atoms with Crippen molar-refractivity contribution in [3.8, 4) is 0 Å². The lowest BCUT2D eigenvalue weighted by atomic mass is 10.1. The highest BCUT2D eigenvalue weighted by atomic mass is 16.4. The summed E-state index contributed by atoms with van der Waals surface area (Å²) in [6, 6.07) is 1.58. The number of nitrogens with one attached hydrogen (secondary N) is 1. The number of carboxylic acid groups (broad SMARTS) is 1. The molecule has 6 heteroatoms. The monoisotopic (exact) mass is 275 g/mol. The van der Waals surface area contributed by atoms with E-state index in [0.717, 1.165) is 32.0 Å². The van der Waals surface area contributed by atoms with Crippen molar-refractivity contribution in [1.29, 1.82) is 0 Å². The Morgan fingerprint density at radius 1 is 1.30 bits per heavy atom. The fourth-order valence-corrected chi connectivity index (χ4v) is 2.12. The van der Waals surface area contributed by atoms with E-state index in [1.54, 1.807) is 6.07 Å². The Morgan fingerprint density at radius 2 is 2.05 bits per heavy atom. The molecule has 0 atom stereocenters. The maximum atomic E-state index is 12.2. The highest BCUT2D eigenvalue weighted by Crippen LogP contribution is 2.11. The molecule has 1 amide bonds. The first kappa shape index (κ1) is 14.2. The second-order valence-corrected chi connectivity index (χ2v) is 4.62. The number of carboxylic acids is 1. The third-order valence-electron chi connectivity index (χ3n) is 3.12. The van der Waals surface area contributed by atoms with Gasteiger partial charge in [0, 0.05) is 37.1 Å². The summed E-state index contributed by atoms with van der Waals surface area (Å²) in [7, 11) is 0. The van der Waals surface area contributed by atoms with Crippen molar-refractivity contribution in [1.82, 2.24) is 15.4 Å². The number of hydrazine groups is 1. The van der Waals surface area contributed by atoms with Crippen LogP contribution in [0.1, 0.15) is 35.2 Å². The second-order valence-electron chi connectivity index (χ2n) is 4.62. The zero-order valence-corrected chi connectivity index (χ0v) is 11.1. The fraction of sp³-hybridized carbons (Fsp3) is 0.357. The summed E-state index contributed by atoms with van der Waals surface area (Å²) in [4.78, 5) is 26.7. The molecule has 1 fully saturated rings. The van der Waals surface area contributed by atoms with Crippen LogP contribution in [0.3, 0.4) is 0 Å².